The Labute approximate surface area is 119 Å². The Morgan fingerprint density at radius 3 is 2.74 bits per heavy atom. The number of nitrogens with zero attached hydrogens (tertiary/aromatic N) is 1. The monoisotopic (exact) mass is 272 g/mol. The van der Waals surface area contributed by atoms with Crippen molar-refractivity contribution >= 4 is 16.9 Å². The Morgan fingerprint density at radius 2 is 2.11 bits per heavy atom. The largest absolute Gasteiger partial charge is 0.304 e. The van der Waals surface area contributed by atoms with E-state index in [0.717, 1.165) is 23.5 Å². The van der Waals surface area contributed by atoms with Crippen LogP contribution >= 0.6 is 11.3 Å². The van der Waals surface area contributed by atoms with Crippen molar-refractivity contribution in [3.63, 3.8) is 0 Å². The van der Waals surface area contributed by atoms with E-state index in [-0.39, 0.29) is 6.04 Å². The first-order valence-electron chi connectivity index (χ1n) is 6.62. The van der Waals surface area contributed by atoms with Gasteiger partial charge in [-0.05, 0) is 24.5 Å². The summed E-state index contributed by atoms with van der Waals surface area (Å²) in [6.45, 7) is 9.23. The first kappa shape index (κ1) is 14.0. The number of benzene rings is 1. The smallest absolute Gasteiger partial charge is 0.109 e. The van der Waals surface area contributed by atoms with Crippen LogP contribution in [0.1, 0.15) is 35.3 Å². The number of hydrogen-bond donors (Lipinski definition) is 1. The molecule has 2 nitrogen and oxygen atoms in total. The van der Waals surface area contributed by atoms with Gasteiger partial charge in [0.15, 0.2) is 0 Å². The number of rotatable bonds is 6. The second-order valence-electron chi connectivity index (χ2n) is 4.59. The van der Waals surface area contributed by atoms with Gasteiger partial charge < -0.3 is 5.32 Å². The second kappa shape index (κ2) is 6.64. The maximum Gasteiger partial charge on any atom is 0.109 e. The van der Waals surface area contributed by atoms with Crippen LogP contribution in [0.3, 0.4) is 0 Å². The maximum absolute atomic E-state index is 4.46. The van der Waals surface area contributed by atoms with Gasteiger partial charge in [-0.1, -0.05) is 43.8 Å². The zero-order valence-corrected chi connectivity index (χ0v) is 12.3. The molecule has 1 heterocycles. The molecule has 100 valence electrons. The van der Waals surface area contributed by atoms with Crippen molar-refractivity contribution in [2.45, 2.75) is 26.3 Å². The molecule has 0 amide bonds. The molecule has 19 heavy (non-hydrogen) atoms. The fraction of sp³-hybridized carbons (Fsp3) is 0.312. The molecule has 0 fully saturated rings. The van der Waals surface area contributed by atoms with E-state index < -0.39 is 0 Å². The third kappa shape index (κ3) is 3.75. The molecule has 0 radical (unpaired) electrons. The first-order chi connectivity index (χ1) is 9.20. The van der Waals surface area contributed by atoms with E-state index in [1.165, 1.54) is 10.4 Å². The third-order valence-corrected chi connectivity index (χ3v) is 4.42. The summed E-state index contributed by atoms with van der Waals surface area (Å²) >= 11 is 1.79. The van der Waals surface area contributed by atoms with Gasteiger partial charge in [0.05, 0.1) is 6.04 Å². The lowest BCUT2D eigenvalue weighted by atomic mass is 10.1. The van der Waals surface area contributed by atoms with Crippen LogP contribution in [-0.4, -0.2) is 11.5 Å². The Balaban J connectivity index is 1.90. The lowest BCUT2D eigenvalue weighted by Gasteiger charge is -2.12. The molecule has 0 bridgehead atoms. The van der Waals surface area contributed by atoms with E-state index in [0.29, 0.717) is 0 Å². The summed E-state index contributed by atoms with van der Waals surface area (Å²) in [6, 6.07) is 10.6. The zero-order chi connectivity index (χ0) is 13.7. The van der Waals surface area contributed by atoms with Crippen LogP contribution in [-0.2, 0) is 6.42 Å². The fourth-order valence-electron chi connectivity index (χ4n) is 1.83. The van der Waals surface area contributed by atoms with Crippen LogP contribution in [0.2, 0.25) is 0 Å². The molecule has 0 saturated carbocycles. The van der Waals surface area contributed by atoms with E-state index in [9.17, 15) is 0 Å². The van der Waals surface area contributed by atoms with Gasteiger partial charge in [-0.25, -0.2) is 4.98 Å². The van der Waals surface area contributed by atoms with Crippen molar-refractivity contribution in [1.82, 2.24) is 10.3 Å². The summed E-state index contributed by atoms with van der Waals surface area (Å²) in [7, 11) is 0. The van der Waals surface area contributed by atoms with Crippen molar-refractivity contribution in [3.8, 4) is 0 Å². The summed E-state index contributed by atoms with van der Waals surface area (Å²) in [6.07, 6.45) is 3.03. The Hall–Kier alpha value is -1.45. The van der Waals surface area contributed by atoms with Crippen LogP contribution in [0.25, 0.3) is 5.57 Å². The predicted molar refractivity (Wildman–Crippen MR) is 83.4 cm³/mol. The summed E-state index contributed by atoms with van der Waals surface area (Å²) in [5.74, 6) is 0. The molecule has 3 heteroatoms. The van der Waals surface area contributed by atoms with Gasteiger partial charge in [0, 0.05) is 17.6 Å². The number of thiazole rings is 1. The topological polar surface area (TPSA) is 24.9 Å². The Morgan fingerprint density at radius 1 is 1.37 bits per heavy atom. The average Bonchev–Trinajstić information content (AvgIpc) is 2.94. The van der Waals surface area contributed by atoms with Crippen LogP contribution in [0.4, 0.5) is 0 Å². The zero-order valence-electron chi connectivity index (χ0n) is 11.5. The predicted octanol–water partition coefficient (Wildman–Crippen LogP) is 4.07. The van der Waals surface area contributed by atoms with Gasteiger partial charge >= 0.3 is 0 Å². The molecule has 0 spiro atoms. The molecule has 2 aromatic rings. The minimum absolute atomic E-state index is 0.269. The van der Waals surface area contributed by atoms with Crippen molar-refractivity contribution in [2.24, 2.45) is 0 Å². The highest BCUT2D eigenvalue weighted by atomic mass is 32.1. The normalized spacial score (nSPS) is 12.3. The van der Waals surface area contributed by atoms with Gasteiger partial charge in [0.1, 0.15) is 5.01 Å². The highest BCUT2D eigenvalue weighted by Gasteiger charge is 2.10. The molecule has 0 aliphatic carbocycles. The van der Waals surface area contributed by atoms with Crippen molar-refractivity contribution in [3.05, 3.63) is 58.6 Å². The lowest BCUT2D eigenvalue weighted by Crippen LogP contribution is -2.20. The highest BCUT2D eigenvalue weighted by molar-refractivity contribution is 7.11. The van der Waals surface area contributed by atoms with E-state index in [2.05, 4.69) is 42.9 Å². The molecule has 1 unspecified atom stereocenters. The van der Waals surface area contributed by atoms with E-state index in [1.54, 1.807) is 11.3 Å². The first-order valence-corrected chi connectivity index (χ1v) is 7.43. The van der Waals surface area contributed by atoms with Gasteiger partial charge in [-0.2, -0.15) is 0 Å². The summed E-state index contributed by atoms with van der Waals surface area (Å²) in [5, 5.41) is 4.63. The molecule has 0 aliphatic heterocycles. The van der Waals surface area contributed by atoms with Crippen LogP contribution in [0, 0.1) is 0 Å². The SMILES string of the molecule is C=C(CNC(C)c1ncc(CC)s1)c1ccccc1. The molecular weight excluding hydrogens is 252 g/mol. The van der Waals surface area contributed by atoms with Crippen LogP contribution in [0.15, 0.2) is 43.1 Å². The molecule has 0 saturated heterocycles. The van der Waals surface area contributed by atoms with Gasteiger partial charge in [0.25, 0.3) is 0 Å². The quantitative estimate of drug-likeness (QED) is 0.857. The Bertz CT molecular complexity index is 531. The maximum atomic E-state index is 4.46. The number of nitrogens with one attached hydrogen (secondary N) is 1. The molecule has 1 aromatic heterocycles. The summed E-state index contributed by atoms with van der Waals surface area (Å²) in [4.78, 5) is 5.80. The minimum atomic E-state index is 0.269. The molecule has 1 N–H and O–H groups in total. The van der Waals surface area contributed by atoms with Gasteiger partial charge in [-0.3, -0.25) is 0 Å². The highest BCUT2D eigenvalue weighted by Crippen LogP contribution is 2.21. The number of aromatic nitrogens is 1. The average molecular weight is 272 g/mol. The van der Waals surface area contributed by atoms with Crippen molar-refractivity contribution in [2.75, 3.05) is 6.54 Å². The molecule has 0 aliphatic rings. The standard InChI is InChI=1S/C16H20N2S/c1-4-15-11-18-16(19-15)13(3)17-10-12(2)14-8-6-5-7-9-14/h5-9,11,13,17H,2,4,10H2,1,3H3. The molecule has 1 atom stereocenters. The Kier molecular flexibility index (Phi) is 4.88. The van der Waals surface area contributed by atoms with E-state index in [1.807, 2.05) is 24.4 Å². The number of hydrogen-bond acceptors (Lipinski definition) is 3. The second-order valence-corrected chi connectivity index (χ2v) is 5.74. The van der Waals surface area contributed by atoms with Crippen molar-refractivity contribution in [1.29, 1.82) is 0 Å². The molecule has 2 rings (SSSR count). The van der Waals surface area contributed by atoms with Crippen LogP contribution in [0.5, 0.6) is 0 Å². The van der Waals surface area contributed by atoms with Crippen LogP contribution < -0.4 is 5.32 Å². The van der Waals surface area contributed by atoms with E-state index in [4.69, 9.17) is 0 Å². The lowest BCUT2D eigenvalue weighted by molar-refractivity contribution is 0.618. The van der Waals surface area contributed by atoms with Crippen molar-refractivity contribution < 1.29 is 0 Å². The van der Waals surface area contributed by atoms with Gasteiger partial charge in [0.2, 0.25) is 0 Å². The molecule has 1 aromatic carbocycles. The third-order valence-electron chi connectivity index (χ3n) is 3.09. The summed E-state index contributed by atoms with van der Waals surface area (Å²) in [5.41, 5.74) is 2.30. The minimum Gasteiger partial charge on any atom is -0.304 e. The summed E-state index contributed by atoms with van der Waals surface area (Å²) < 4.78 is 0. The number of aryl methyl sites for hydroxylation is 1. The van der Waals surface area contributed by atoms with E-state index >= 15 is 0 Å². The van der Waals surface area contributed by atoms with Gasteiger partial charge in [-0.15, -0.1) is 11.3 Å². The fourth-order valence-corrected chi connectivity index (χ4v) is 2.71. The molecular formula is C16H20N2S.